The summed E-state index contributed by atoms with van der Waals surface area (Å²) in [6, 6.07) is 0. The summed E-state index contributed by atoms with van der Waals surface area (Å²) < 4.78 is 4.49. The van der Waals surface area contributed by atoms with Crippen molar-refractivity contribution >= 4 is 11.8 Å². The fourth-order valence-corrected chi connectivity index (χ4v) is 0.847. The van der Waals surface area contributed by atoms with Gasteiger partial charge in [-0.05, 0) is 12.3 Å². The summed E-state index contributed by atoms with van der Waals surface area (Å²) in [7, 11) is 1.27. The second-order valence-electron chi connectivity index (χ2n) is 3.97. The molecule has 74 valence electrons. The highest BCUT2D eigenvalue weighted by molar-refractivity contribution is 6.16. The average Bonchev–Trinajstić information content (AvgIpc) is 1.96. The molecule has 0 aliphatic rings. The Morgan fingerprint density at radius 1 is 1.23 bits per heavy atom. The van der Waals surface area contributed by atoms with Crippen LogP contribution in [0.15, 0.2) is 11.6 Å². The maximum atomic E-state index is 11.1. The largest absolute Gasteiger partial charge is 0.465 e. The van der Waals surface area contributed by atoms with Gasteiger partial charge < -0.3 is 4.74 Å². The molecule has 0 saturated carbocycles. The Hall–Kier alpha value is -1.12. The predicted octanol–water partition coefficient (Wildman–Crippen LogP) is 1.72. The monoisotopic (exact) mass is 184 g/mol. The molecule has 3 heteroatoms. The number of hydrogen-bond acceptors (Lipinski definition) is 3. The molecule has 0 heterocycles. The highest BCUT2D eigenvalue weighted by atomic mass is 16.5. The van der Waals surface area contributed by atoms with E-state index in [4.69, 9.17) is 0 Å². The maximum absolute atomic E-state index is 11.1. The Kier molecular flexibility index (Phi) is 3.85. The van der Waals surface area contributed by atoms with Crippen LogP contribution in [0.3, 0.4) is 0 Å². The molecule has 0 spiro atoms. The second-order valence-corrected chi connectivity index (χ2v) is 3.97. The molecule has 0 aromatic heterocycles. The number of allylic oxidation sites excluding steroid dienone is 1. The summed E-state index contributed by atoms with van der Waals surface area (Å²) in [6.45, 7) is 7.10. The molecule has 0 aliphatic carbocycles. The molecule has 0 radical (unpaired) electrons. The average molecular weight is 184 g/mol. The van der Waals surface area contributed by atoms with Gasteiger partial charge in [0.1, 0.15) is 0 Å². The molecular weight excluding hydrogens is 168 g/mol. The van der Waals surface area contributed by atoms with Gasteiger partial charge >= 0.3 is 5.97 Å². The van der Waals surface area contributed by atoms with Crippen LogP contribution >= 0.6 is 0 Å². The number of esters is 1. The van der Waals surface area contributed by atoms with Crippen LogP contribution in [0.4, 0.5) is 0 Å². The van der Waals surface area contributed by atoms with E-state index in [-0.39, 0.29) is 16.8 Å². The zero-order valence-corrected chi connectivity index (χ0v) is 8.80. The van der Waals surface area contributed by atoms with Crippen LogP contribution < -0.4 is 0 Å². The Balaban J connectivity index is 4.93. The minimum atomic E-state index is -0.567. The van der Waals surface area contributed by atoms with Gasteiger partial charge in [0.05, 0.1) is 12.7 Å². The minimum absolute atomic E-state index is 0.120. The molecule has 0 aromatic rings. The van der Waals surface area contributed by atoms with Gasteiger partial charge in [0.2, 0.25) is 0 Å². The molecule has 0 unspecified atom stereocenters. The van der Waals surface area contributed by atoms with E-state index in [0.29, 0.717) is 0 Å². The highest BCUT2D eigenvalue weighted by Crippen LogP contribution is 2.18. The smallest absolute Gasteiger partial charge is 0.341 e. The third kappa shape index (κ3) is 4.45. The first-order valence-electron chi connectivity index (χ1n) is 4.10. The Morgan fingerprint density at radius 2 is 1.69 bits per heavy atom. The van der Waals surface area contributed by atoms with E-state index in [1.807, 2.05) is 20.8 Å². The third-order valence-corrected chi connectivity index (χ3v) is 1.36. The van der Waals surface area contributed by atoms with Crippen LogP contribution in [-0.2, 0) is 14.3 Å². The molecule has 0 atom stereocenters. The molecule has 0 aromatic carbocycles. The van der Waals surface area contributed by atoms with Gasteiger partial charge in [0.15, 0.2) is 5.78 Å². The van der Waals surface area contributed by atoms with E-state index in [0.717, 1.165) is 0 Å². The lowest BCUT2D eigenvalue weighted by molar-refractivity contribution is -0.137. The van der Waals surface area contributed by atoms with Crippen LogP contribution in [0.25, 0.3) is 0 Å². The SMILES string of the molecule is COC(=O)/C(=C\C(C)(C)C)C(C)=O. The Labute approximate surface area is 78.8 Å². The van der Waals surface area contributed by atoms with E-state index in [9.17, 15) is 9.59 Å². The number of ether oxygens (including phenoxy) is 1. The van der Waals surface area contributed by atoms with Crippen LogP contribution in [0.1, 0.15) is 27.7 Å². The molecular formula is C10H16O3. The molecule has 0 saturated heterocycles. The number of ketones is 1. The fourth-order valence-electron chi connectivity index (χ4n) is 0.847. The lowest BCUT2D eigenvalue weighted by Gasteiger charge is -2.13. The molecule has 0 N–H and O–H groups in total. The highest BCUT2D eigenvalue weighted by Gasteiger charge is 2.18. The molecule has 0 bridgehead atoms. The van der Waals surface area contributed by atoms with Gasteiger partial charge in [-0.2, -0.15) is 0 Å². The topological polar surface area (TPSA) is 43.4 Å². The lowest BCUT2D eigenvalue weighted by Crippen LogP contribution is -2.15. The third-order valence-electron chi connectivity index (χ3n) is 1.36. The van der Waals surface area contributed by atoms with Crippen molar-refractivity contribution in [1.29, 1.82) is 0 Å². The normalized spacial score (nSPS) is 12.5. The zero-order chi connectivity index (χ0) is 10.6. The predicted molar refractivity (Wildman–Crippen MR) is 50.2 cm³/mol. The van der Waals surface area contributed by atoms with Crippen molar-refractivity contribution in [3.05, 3.63) is 11.6 Å². The first kappa shape index (κ1) is 11.9. The molecule has 0 amide bonds. The molecule has 3 nitrogen and oxygen atoms in total. The number of hydrogen-bond donors (Lipinski definition) is 0. The van der Waals surface area contributed by atoms with Gasteiger partial charge in [-0.25, -0.2) is 4.79 Å². The summed E-state index contributed by atoms with van der Waals surface area (Å²) in [5.41, 5.74) is -0.0788. The number of carbonyl (C=O) groups excluding carboxylic acids is 2. The molecule has 0 aliphatic heterocycles. The van der Waals surface area contributed by atoms with Crippen molar-refractivity contribution in [2.24, 2.45) is 5.41 Å². The van der Waals surface area contributed by atoms with Crippen molar-refractivity contribution in [2.45, 2.75) is 27.7 Å². The standard InChI is InChI=1S/C10H16O3/c1-7(11)8(9(12)13-5)6-10(2,3)4/h6H,1-5H3/b8-6-. The van der Waals surface area contributed by atoms with Crippen molar-refractivity contribution in [3.8, 4) is 0 Å². The Bertz CT molecular complexity index is 243. The summed E-state index contributed by atoms with van der Waals surface area (Å²) in [5.74, 6) is -0.829. The minimum Gasteiger partial charge on any atom is -0.465 e. The molecule has 0 fully saturated rings. The van der Waals surface area contributed by atoms with E-state index in [1.54, 1.807) is 6.08 Å². The van der Waals surface area contributed by atoms with Gasteiger partial charge in [-0.15, -0.1) is 0 Å². The van der Waals surface area contributed by atoms with Gasteiger partial charge in [0, 0.05) is 0 Å². The van der Waals surface area contributed by atoms with E-state index in [1.165, 1.54) is 14.0 Å². The first-order valence-corrected chi connectivity index (χ1v) is 4.10. The maximum Gasteiger partial charge on any atom is 0.341 e. The van der Waals surface area contributed by atoms with E-state index in [2.05, 4.69) is 4.74 Å². The van der Waals surface area contributed by atoms with Crippen LogP contribution in [-0.4, -0.2) is 18.9 Å². The van der Waals surface area contributed by atoms with Crippen LogP contribution in [0, 0.1) is 5.41 Å². The number of Topliss-reactive ketones (excluding diaryl/α,β-unsaturated/α-hetero) is 1. The second kappa shape index (κ2) is 4.21. The fraction of sp³-hybridized carbons (Fsp3) is 0.600. The first-order chi connectivity index (χ1) is 5.78. The van der Waals surface area contributed by atoms with E-state index >= 15 is 0 Å². The van der Waals surface area contributed by atoms with E-state index < -0.39 is 5.97 Å². The summed E-state index contributed by atoms with van der Waals surface area (Å²) >= 11 is 0. The van der Waals surface area contributed by atoms with Crippen molar-refractivity contribution < 1.29 is 14.3 Å². The van der Waals surface area contributed by atoms with Gasteiger partial charge in [-0.1, -0.05) is 26.8 Å². The summed E-state index contributed by atoms with van der Waals surface area (Å²) in [5, 5.41) is 0. The number of rotatable bonds is 2. The molecule has 13 heavy (non-hydrogen) atoms. The zero-order valence-electron chi connectivity index (χ0n) is 8.80. The van der Waals surface area contributed by atoms with Gasteiger partial charge in [0.25, 0.3) is 0 Å². The van der Waals surface area contributed by atoms with Crippen LogP contribution in [0.5, 0.6) is 0 Å². The van der Waals surface area contributed by atoms with Crippen LogP contribution in [0.2, 0.25) is 0 Å². The van der Waals surface area contributed by atoms with Crippen molar-refractivity contribution in [3.63, 3.8) is 0 Å². The van der Waals surface area contributed by atoms with Gasteiger partial charge in [-0.3, -0.25) is 4.79 Å². The van der Waals surface area contributed by atoms with Crippen molar-refractivity contribution in [2.75, 3.05) is 7.11 Å². The summed E-state index contributed by atoms with van der Waals surface area (Å²) in [6.07, 6.45) is 1.63. The quantitative estimate of drug-likeness (QED) is 0.284. The number of carbonyl (C=O) groups is 2. The Morgan fingerprint density at radius 3 is 1.92 bits per heavy atom. The number of methoxy groups -OCH3 is 1. The molecule has 0 rings (SSSR count). The lowest BCUT2D eigenvalue weighted by atomic mass is 9.92. The summed E-state index contributed by atoms with van der Waals surface area (Å²) in [4.78, 5) is 22.2. The van der Waals surface area contributed by atoms with Crippen molar-refractivity contribution in [1.82, 2.24) is 0 Å².